The van der Waals surface area contributed by atoms with Gasteiger partial charge in [-0.2, -0.15) is 13.2 Å². The van der Waals surface area contributed by atoms with E-state index in [0.717, 1.165) is 43.2 Å². The molecule has 1 aromatic heterocycles. The zero-order valence-electron chi connectivity index (χ0n) is 16.6. The van der Waals surface area contributed by atoms with Gasteiger partial charge in [-0.3, -0.25) is 4.99 Å². The molecule has 0 bridgehead atoms. The minimum Gasteiger partial charge on any atom is -0.356 e. The van der Waals surface area contributed by atoms with Gasteiger partial charge in [-0.15, -0.1) is 24.0 Å². The van der Waals surface area contributed by atoms with Crippen molar-refractivity contribution in [3.05, 3.63) is 54.1 Å². The van der Waals surface area contributed by atoms with E-state index in [9.17, 15) is 13.2 Å². The monoisotopic (exact) mass is 521 g/mol. The summed E-state index contributed by atoms with van der Waals surface area (Å²) in [6.45, 7) is 4.63. The van der Waals surface area contributed by atoms with Crippen LogP contribution in [0.3, 0.4) is 0 Å². The molecule has 0 aliphatic carbocycles. The molecule has 1 N–H and O–H groups in total. The molecule has 9 heteroatoms. The minimum absolute atomic E-state index is 0. The largest absolute Gasteiger partial charge is 0.416 e. The normalized spacial score (nSPS) is 20.3. The van der Waals surface area contributed by atoms with E-state index in [0.29, 0.717) is 24.9 Å². The number of alkyl halides is 3. The number of nitrogens with zero attached hydrogens (tertiary/aromatic N) is 4. The minimum atomic E-state index is -4.30. The summed E-state index contributed by atoms with van der Waals surface area (Å²) >= 11 is 0. The van der Waals surface area contributed by atoms with Crippen LogP contribution in [-0.2, 0) is 12.6 Å². The molecule has 29 heavy (non-hydrogen) atoms. The van der Waals surface area contributed by atoms with E-state index in [1.807, 2.05) is 12.5 Å². The van der Waals surface area contributed by atoms with Crippen molar-refractivity contribution in [2.75, 3.05) is 26.7 Å². The fourth-order valence-corrected chi connectivity index (χ4v) is 3.61. The first-order valence-corrected chi connectivity index (χ1v) is 9.47. The van der Waals surface area contributed by atoms with Crippen molar-refractivity contribution in [1.29, 1.82) is 0 Å². The van der Waals surface area contributed by atoms with Crippen molar-refractivity contribution in [3.63, 3.8) is 0 Å². The van der Waals surface area contributed by atoms with Crippen molar-refractivity contribution in [2.45, 2.75) is 32.0 Å². The van der Waals surface area contributed by atoms with E-state index in [4.69, 9.17) is 0 Å². The fourth-order valence-electron chi connectivity index (χ4n) is 3.61. The number of imidazole rings is 1. The van der Waals surface area contributed by atoms with Gasteiger partial charge in [0.15, 0.2) is 5.96 Å². The molecule has 5 nitrogen and oxygen atoms in total. The van der Waals surface area contributed by atoms with Crippen molar-refractivity contribution in [1.82, 2.24) is 19.8 Å². The topological polar surface area (TPSA) is 45.5 Å². The Morgan fingerprint density at radius 1 is 1.28 bits per heavy atom. The smallest absolute Gasteiger partial charge is 0.356 e. The van der Waals surface area contributed by atoms with Crippen LogP contribution in [0.5, 0.6) is 0 Å². The zero-order chi connectivity index (χ0) is 20.1. The number of hydrogen-bond donors (Lipinski definition) is 1. The molecular weight excluding hydrogens is 494 g/mol. The Bertz CT molecular complexity index is 774. The summed E-state index contributed by atoms with van der Waals surface area (Å²) in [4.78, 5) is 10.8. The van der Waals surface area contributed by atoms with Gasteiger partial charge < -0.3 is 14.8 Å². The molecule has 3 rings (SSSR count). The third kappa shape index (κ3) is 6.10. The van der Waals surface area contributed by atoms with Gasteiger partial charge in [0.05, 0.1) is 17.9 Å². The zero-order valence-corrected chi connectivity index (χ0v) is 18.9. The molecule has 160 valence electrons. The number of hydrogen-bond acceptors (Lipinski definition) is 2. The number of aromatic nitrogens is 2. The Labute approximate surface area is 186 Å². The van der Waals surface area contributed by atoms with E-state index in [1.54, 1.807) is 13.2 Å². The second kappa shape index (κ2) is 10.3. The predicted octanol–water partition coefficient (Wildman–Crippen LogP) is 4.22. The van der Waals surface area contributed by atoms with Gasteiger partial charge in [0.1, 0.15) is 0 Å². The van der Waals surface area contributed by atoms with Crippen molar-refractivity contribution < 1.29 is 13.2 Å². The molecule has 2 aromatic rings. The SMILES string of the molecule is CN=C(NCCc1ccc(C(F)(F)F)cc1)N1CCC(C)C(n2ccnc2)C1.I. The van der Waals surface area contributed by atoms with E-state index < -0.39 is 11.7 Å². The molecular formula is C20H27F3IN5. The number of rotatable bonds is 4. The molecule has 1 aliphatic rings. The molecule has 2 heterocycles. The lowest BCUT2D eigenvalue weighted by Crippen LogP contribution is -2.49. The molecule has 2 unspecified atom stereocenters. The third-order valence-corrected chi connectivity index (χ3v) is 5.32. The Morgan fingerprint density at radius 3 is 2.59 bits per heavy atom. The number of likely N-dealkylation sites (tertiary alicyclic amines) is 1. The average molecular weight is 521 g/mol. The van der Waals surface area contributed by atoms with Crippen LogP contribution in [0, 0.1) is 5.92 Å². The van der Waals surface area contributed by atoms with E-state index in [2.05, 4.69) is 31.7 Å². The molecule has 2 atom stereocenters. The Morgan fingerprint density at radius 2 is 2.00 bits per heavy atom. The molecule has 0 radical (unpaired) electrons. The van der Waals surface area contributed by atoms with Crippen LogP contribution < -0.4 is 5.32 Å². The first-order valence-electron chi connectivity index (χ1n) is 9.47. The quantitative estimate of drug-likeness (QED) is 0.373. The van der Waals surface area contributed by atoms with E-state index in [1.165, 1.54) is 12.1 Å². The fraction of sp³-hybridized carbons (Fsp3) is 0.500. The van der Waals surface area contributed by atoms with Crippen LogP contribution >= 0.6 is 24.0 Å². The van der Waals surface area contributed by atoms with Gasteiger partial charge >= 0.3 is 6.18 Å². The highest BCUT2D eigenvalue weighted by Crippen LogP contribution is 2.29. The standard InChI is InChI=1S/C20H26F3N5.HI/c1-15-8-11-27(13-18(15)28-12-10-25-14-28)19(24-2)26-9-7-16-3-5-17(6-4-16)20(21,22)23;/h3-6,10,12,14-15,18H,7-9,11,13H2,1-2H3,(H,24,26);1H. The van der Waals surface area contributed by atoms with Gasteiger partial charge in [0, 0.05) is 39.1 Å². The summed E-state index contributed by atoms with van der Waals surface area (Å²) in [5.41, 5.74) is 0.243. The summed E-state index contributed by atoms with van der Waals surface area (Å²) in [6.07, 6.45) is 3.03. The first kappa shape index (κ1) is 23.5. The van der Waals surface area contributed by atoms with Crippen molar-refractivity contribution >= 4 is 29.9 Å². The predicted molar refractivity (Wildman–Crippen MR) is 119 cm³/mol. The second-order valence-electron chi connectivity index (χ2n) is 7.21. The van der Waals surface area contributed by atoms with Gasteiger partial charge in [0.2, 0.25) is 0 Å². The number of guanidine groups is 1. The molecule has 0 saturated carbocycles. The second-order valence-corrected chi connectivity index (χ2v) is 7.21. The third-order valence-electron chi connectivity index (χ3n) is 5.32. The van der Waals surface area contributed by atoms with Gasteiger partial charge in [0.25, 0.3) is 0 Å². The van der Waals surface area contributed by atoms with Crippen molar-refractivity contribution in [3.8, 4) is 0 Å². The van der Waals surface area contributed by atoms with Gasteiger partial charge in [-0.05, 0) is 36.5 Å². The van der Waals surface area contributed by atoms with Crippen LogP contribution in [0.4, 0.5) is 13.2 Å². The van der Waals surface area contributed by atoms with E-state index in [-0.39, 0.29) is 24.0 Å². The molecule has 1 saturated heterocycles. The maximum Gasteiger partial charge on any atom is 0.416 e. The number of halogens is 4. The highest BCUT2D eigenvalue weighted by molar-refractivity contribution is 14.0. The Balaban J connectivity index is 0.00000300. The summed E-state index contributed by atoms with van der Waals surface area (Å²) in [6, 6.07) is 5.66. The maximum atomic E-state index is 12.7. The van der Waals surface area contributed by atoms with Crippen LogP contribution in [0.1, 0.15) is 30.5 Å². The van der Waals surface area contributed by atoms with E-state index >= 15 is 0 Å². The highest BCUT2D eigenvalue weighted by Gasteiger charge is 2.30. The number of nitrogens with one attached hydrogen (secondary N) is 1. The highest BCUT2D eigenvalue weighted by atomic mass is 127. The maximum absolute atomic E-state index is 12.7. The van der Waals surface area contributed by atoms with Crippen LogP contribution in [0.2, 0.25) is 0 Å². The van der Waals surface area contributed by atoms with Crippen molar-refractivity contribution in [2.24, 2.45) is 10.9 Å². The van der Waals surface area contributed by atoms with Gasteiger partial charge in [-0.25, -0.2) is 4.98 Å². The summed E-state index contributed by atoms with van der Waals surface area (Å²) in [7, 11) is 1.75. The molecule has 0 spiro atoms. The molecule has 1 aliphatic heterocycles. The molecule has 1 aromatic carbocycles. The lowest BCUT2D eigenvalue weighted by molar-refractivity contribution is -0.137. The Hall–Kier alpha value is -1.78. The lowest BCUT2D eigenvalue weighted by atomic mass is 9.93. The van der Waals surface area contributed by atoms with Crippen LogP contribution in [0.15, 0.2) is 48.0 Å². The lowest BCUT2D eigenvalue weighted by Gasteiger charge is -2.39. The molecule has 0 amide bonds. The summed E-state index contributed by atoms with van der Waals surface area (Å²) in [5.74, 6) is 1.37. The van der Waals surface area contributed by atoms with Gasteiger partial charge in [-0.1, -0.05) is 19.1 Å². The average Bonchev–Trinajstić information content (AvgIpc) is 3.20. The van der Waals surface area contributed by atoms with Crippen LogP contribution in [0.25, 0.3) is 0 Å². The van der Waals surface area contributed by atoms with Crippen LogP contribution in [-0.4, -0.2) is 47.1 Å². The first-order chi connectivity index (χ1) is 13.4. The molecule has 1 fully saturated rings. The summed E-state index contributed by atoms with van der Waals surface area (Å²) in [5, 5.41) is 3.34. The Kier molecular flexibility index (Phi) is 8.35. The number of benzene rings is 1. The number of aliphatic imine (C=N–C) groups is 1. The number of piperidine rings is 1. The summed E-state index contributed by atoms with van der Waals surface area (Å²) < 4.78 is 40.1.